The lowest BCUT2D eigenvalue weighted by atomic mass is 10.1. The summed E-state index contributed by atoms with van der Waals surface area (Å²) in [5, 5.41) is 7.58. The molecular formula is C13H16ClN3O2. The van der Waals surface area contributed by atoms with Crippen LogP contribution in [-0.2, 0) is 0 Å². The largest absolute Gasteiger partial charge is 0.437 e. The van der Waals surface area contributed by atoms with Crippen molar-refractivity contribution in [3.8, 4) is 11.5 Å². The van der Waals surface area contributed by atoms with Gasteiger partial charge in [0.1, 0.15) is 0 Å². The van der Waals surface area contributed by atoms with E-state index < -0.39 is 0 Å². The molecular weight excluding hydrogens is 266 g/mol. The highest BCUT2D eigenvalue weighted by Crippen LogP contribution is 2.19. The van der Waals surface area contributed by atoms with Crippen molar-refractivity contribution >= 4 is 12.4 Å². The lowest BCUT2D eigenvalue weighted by molar-refractivity contribution is 0.323. The van der Waals surface area contributed by atoms with Crippen molar-refractivity contribution < 1.29 is 4.42 Å². The van der Waals surface area contributed by atoms with Gasteiger partial charge in [0.25, 0.3) is 0 Å². The monoisotopic (exact) mass is 281 g/mol. The second-order valence-electron chi connectivity index (χ2n) is 4.46. The van der Waals surface area contributed by atoms with Crippen LogP contribution in [0.1, 0.15) is 18.9 Å². The molecule has 0 amide bonds. The van der Waals surface area contributed by atoms with E-state index in [-0.39, 0.29) is 24.2 Å². The highest BCUT2D eigenvalue weighted by molar-refractivity contribution is 5.85. The minimum Gasteiger partial charge on any atom is -0.388 e. The van der Waals surface area contributed by atoms with Crippen LogP contribution in [0.2, 0.25) is 0 Å². The molecule has 3 rings (SSSR count). The Kier molecular flexibility index (Phi) is 4.39. The van der Waals surface area contributed by atoms with Gasteiger partial charge in [-0.05, 0) is 38.1 Å². The molecule has 0 bridgehead atoms. The maximum Gasteiger partial charge on any atom is 0.437 e. The van der Waals surface area contributed by atoms with Gasteiger partial charge in [-0.25, -0.2) is 4.79 Å². The minimum atomic E-state index is -0.360. The zero-order valence-electron chi connectivity index (χ0n) is 10.4. The van der Waals surface area contributed by atoms with E-state index in [9.17, 15) is 4.79 Å². The first kappa shape index (κ1) is 13.8. The predicted molar refractivity (Wildman–Crippen MR) is 74.6 cm³/mol. The Bertz CT molecular complexity index is 573. The summed E-state index contributed by atoms with van der Waals surface area (Å²) in [5.41, 5.74) is 0.835. The summed E-state index contributed by atoms with van der Waals surface area (Å²) in [5.74, 6) is 0.0416. The van der Waals surface area contributed by atoms with Crippen molar-refractivity contribution in [3.05, 3.63) is 40.9 Å². The van der Waals surface area contributed by atoms with Crippen LogP contribution in [0.5, 0.6) is 0 Å². The SMILES string of the molecule is Cl.O=c1oc(-c2ccccc2)nn1C1CCNCC1. The van der Waals surface area contributed by atoms with Crippen molar-refractivity contribution in [1.82, 2.24) is 15.1 Å². The first-order chi connectivity index (χ1) is 8.84. The van der Waals surface area contributed by atoms with E-state index in [1.807, 2.05) is 30.3 Å². The maximum absolute atomic E-state index is 11.8. The summed E-state index contributed by atoms with van der Waals surface area (Å²) in [4.78, 5) is 11.8. The molecule has 19 heavy (non-hydrogen) atoms. The Morgan fingerprint density at radius 2 is 1.89 bits per heavy atom. The van der Waals surface area contributed by atoms with Crippen molar-refractivity contribution in [2.45, 2.75) is 18.9 Å². The van der Waals surface area contributed by atoms with Crippen molar-refractivity contribution in [1.29, 1.82) is 0 Å². The molecule has 1 saturated heterocycles. The number of halogens is 1. The molecule has 2 aromatic rings. The Balaban J connectivity index is 0.00000133. The quantitative estimate of drug-likeness (QED) is 0.913. The molecule has 0 radical (unpaired) electrons. The van der Waals surface area contributed by atoms with Gasteiger partial charge in [-0.2, -0.15) is 4.68 Å². The summed E-state index contributed by atoms with van der Waals surface area (Å²) in [6.07, 6.45) is 1.83. The number of benzene rings is 1. The first-order valence-corrected chi connectivity index (χ1v) is 6.20. The summed E-state index contributed by atoms with van der Waals surface area (Å²) < 4.78 is 6.72. The van der Waals surface area contributed by atoms with Crippen molar-refractivity contribution in [2.24, 2.45) is 0 Å². The molecule has 1 aliphatic rings. The Labute approximate surface area is 117 Å². The summed E-state index contributed by atoms with van der Waals surface area (Å²) in [6, 6.07) is 9.65. The van der Waals surface area contributed by atoms with E-state index in [1.54, 1.807) is 0 Å². The third-order valence-electron chi connectivity index (χ3n) is 3.24. The molecule has 1 fully saturated rings. The van der Waals surface area contributed by atoms with Crippen LogP contribution in [0.25, 0.3) is 11.5 Å². The van der Waals surface area contributed by atoms with Crippen LogP contribution in [0, 0.1) is 0 Å². The van der Waals surface area contributed by atoms with E-state index in [2.05, 4.69) is 10.4 Å². The average molecular weight is 282 g/mol. The fourth-order valence-electron chi connectivity index (χ4n) is 2.27. The molecule has 1 aliphatic heterocycles. The van der Waals surface area contributed by atoms with Crippen LogP contribution < -0.4 is 11.1 Å². The second-order valence-corrected chi connectivity index (χ2v) is 4.46. The highest BCUT2D eigenvalue weighted by Gasteiger charge is 2.20. The van der Waals surface area contributed by atoms with Crippen LogP contribution in [-0.4, -0.2) is 22.9 Å². The average Bonchev–Trinajstić information content (AvgIpc) is 2.83. The van der Waals surface area contributed by atoms with Crippen LogP contribution in [0.3, 0.4) is 0 Å². The standard InChI is InChI=1S/C13H15N3O2.ClH/c17-13-16(11-6-8-14-9-7-11)15-12(18-13)10-4-2-1-3-5-10;/h1-5,11,14H,6-9H2;1H. The molecule has 1 N–H and O–H groups in total. The van der Waals surface area contributed by atoms with Gasteiger partial charge in [0.15, 0.2) is 0 Å². The number of nitrogens with one attached hydrogen (secondary N) is 1. The van der Waals surface area contributed by atoms with Gasteiger partial charge in [0, 0.05) is 5.56 Å². The lowest BCUT2D eigenvalue weighted by Gasteiger charge is -2.21. The van der Waals surface area contributed by atoms with Gasteiger partial charge in [-0.15, -0.1) is 17.5 Å². The fraction of sp³-hybridized carbons (Fsp3) is 0.385. The summed E-state index contributed by atoms with van der Waals surface area (Å²) in [6.45, 7) is 1.84. The third kappa shape index (κ3) is 2.88. The van der Waals surface area contributed by atoms with Gasteiger partial charge >= 0.3 is 5.76 Å². The number of aromatic nitrogens is 2. The number of nitrogens with zero attached hydrogens (tertiary/aromatic N) is 2. The second kappa shape index (κ2) is 6.04. The Morgan fingerprint density at radius 3 is 2.58 bits per heavy atom. The molecule has 102 valence electrons. The van der Waals surface area contributed by atoms with E-state index >= 15 is 0 Å². The van der Waals surface area contributed by atoms with E-state index in [4.69, 9.17) is 4.42 Å². The topological polar surface area (TPSA) is 60.1 Å². The van der Waals surface area contributed by atoms with Gasteiger partial charge in [0.2, 0.25) is 5.89 Å². The molecule has 1 aromatic heterocycles. The highest BCUT2D eigenvalue weighted by atomic mass is 35.5. The fourth-order valence-corrected chi connectivity index (χ4v) is 2.27. The van der Waals surface area contributed by atoms with E-state index in [0.29, 0.717) is 5.89 Å². The molecule has 1 aromatic carbocycles. The maximum atomic E-state index is 11.8. The summed E-state index contributed by atoms with van der Waals surface area (Å²) in [7, 11) is 0. The molecule has 0 unspecified atom stereocenters. The molecule has 5 nitrogen and oxygen atoms in total. The van der Waals surface area contributed by atoms with Crippen molar-refractivity contribution in [3.63, 3.8) is 0 Å². The molecule has 2 heterocycles. The zero-order chi connectivity index (χ0) is 12.4. The Hall–Kier alpha value is -1.59. The van der Waals surface area contributed by atoms with E-state index in [1.165, 1.54) is 4.68 Å². The van der Waals surface area contributed by atoms with Gasteiger partial charge < -0.3 is 9.73 Å². The molecule has 0 spiro atoms. The third-order valence-corrected chi connectivity index (χ3v) is 3.24. The summed E-state index contributed by atoms with van der Waals surface area (Å²) >= 11 is 0. The van der Waals surface area contributed by atoms with Crippen LogP contribution >= 0.6 is 12.4 Å². The van der Waals surface area contributed by atoms with E-state index in [0.717, 1.165) is 31.5 Å². The molecule has 0 aliphatic carbocycles. The molecule has 6 heteroatoms. The lowest BCUT2D eigenvalue weighted by Crippen LogP contribution is -2.33. The predicted octanol–water partition coefficient (Wildman–Crippen LogP) is 1.85. The number of hydrogen-bond acceptors (Lipinski definition) is 4. The van der Waals surface area contributed by atoms with Crippen LogP contribution in [0.15, 0.2) is 39.5 Å². The number of rotatable bonds is 2. The molecule has 0 saturated carbocycles. The smallest absolute Gasteiger partial charge is 0.388 e. The normalized spacial score (nSPS) is 16.0. The van der Waals surface area contributed by atoms with Gasteiger partial charge in [0.05, 0.1) is 6.04 Å². The van der Waals surface area contributed by atoms with Gasteiger partial charge in [-0.1, -0.05) is 18.2 Å². The van der Waals surface area contributed by atoms with Crippen molar-refractivity contribution in [2.75, 3.05) is 13.1 Å². The number of hydrogen-bond donors (Lipinski definition) is 1. The number of piperidine rings is 1. The minimum absolute atomic E-state index is 0. The Morgan fingerprint density at radius 1 is 1.21 bits per heavy atom. The van der Waals surface area contributed by atoms with Crippen LogP contribution in [0.4, 0.5) is 0 Å². The first-order valence-electron chi connectivity index (χ1n) is 6.20. The molecule has 0 atom stereocenters. The van der Waals surface area contributed by atoms with Gasteiger partial charge in [-0.3, -0.25) is 0 Å². The zero-order valence-corrected chi connectivity index (χ0v) is 11.2.